The van der Waals surface area contributed by atoms with Crippen molar-refractivity contribution in [2.24, 2.45) is 5.41 Å². The van der Waals surface area contributed by atoms with Crippen LogP contribution >= 0.6 is 0 Å². The van der Waals surface area contributed by atoms with Crippen LogP contribution in [0.4, 0.5) is 0 Å². The van der Waals surface area contributed by atoms with E-state index in [0.29, 0.717) is 0 Å². The fourth-order valence-corrected chi connectivity index (χ4v) is 2.28. The van der Waals surface area contributed by atoms with Gasteiger partial charge < -0.3 is 0 Å². The summed E-state index contributed by atoms with van der Waals surface area (Å²) in [5.74, 6) is 0.180. The van der Waals surface area contributed by atoms with Crippen LogP contribution in [0.25, 0.3) is 0 Å². The number of rotatable bonds is 0. The third kappa shape index (κ3) is 1.11. The van der Waals surface area contributed by atoms with E-state index in [2.05, 4.69) is 32.6 Å². The van der Waals surface area contributed by atoms with Gasteiger partial charge in [0.2, 0.25) is 0 Å². The SMILES string of the molecule is C=C1CC(C)(C)C2=C(CC=C2)C1=O. The van der Waals surface area contributed by atoms with Crippen LogP contribution in [0.3, 0.4) is 0 Å². The number of ketones is 1. The summed E-state index contributed by atoms with van der Waals surface area (Å²) in [4.78, 5) is 11.7. The average molecular weight is 174 g/mol. The van der Waals surface area contributed by atoms with E-state index in [9.17, 15) is 4.79 Å². The molecule has 2 aliphatic rings. The van der Waals surface area contributed by atoms with Gasteiger partial charge in [0.05, 0.1) is 0 Å². The second kappa shape index (κ2) is 2.44. The first-order valence-corrected chi connectivity index (χ1v) is 4.65. The Morgan fingerprint density at radius 1 is 1.46 bits per heavy atom. The van der Waals surface area contributed by atoms with Crippen molar-refractivity contribution in [1.29, 1.82) is 0 Å². The molecular formula is C12H14O. The van der Waals surface area contributed by atoms with Crippen LogP contribution in [0.1, 0.15) is 26.7 Å². The maximum absolute atomic E-state index is 11.7. The molecule has 0 N–H and O–H groups in total. The average Bonchev–Trinajstić information content (AvgIpc) is 2.48. The number of hydrogen-bond donors (Lipinski definition) is 0. The van der Waals surface area contributed by atoms with Crippen LogP contribution in [0.2, 0.25) is 0 Å². The minimum Gasteiger partial charge on any atom is -0.289 e. The lowest BCUT2D eigenvalue weighted by Crippen LogP contribution is -2.25. The molecule has 0 spiro atoms. The molecule has 0 aromatic heterocycles. The number of Topliss-reactive ketones (excluding diaryl/α,β-unsaturated/α-hetero) is 1. The summed E-state index contributed by atoms with van der Waals surface area (Å²) in [5, 5.41) is 0. The molecule has 0 aliphatic heterocycles. The third-order valence-electron chi connectivity index (χ3n) is 2.91. The Kier molecular flexibility index (Phi) is 1.59. The highest BCUT2D eigenvalue weighted by Crippen LogP contribution is 2.44. The summed E-state index contributed by atoms with van der Waals surface area (Å²) >= 11 is 0. The number of hydrogen-bond acceptors (Lipinski definition) is 1. The maximum Gasteiger partial charge on any atom is 0.185 e. The molecule has 1 heteroatoms. The van der Waals surface area contributed by atoms with Crippen LogP contribution in [0, 0.1) is 5.41 Å². The quantitative estimate of drug-likeness (QED) is 0.516. The van der Waals surface area contributed by atoms with Crippen LogP contribution in [-0.2, 0) is 4.79 Å². The summed E-state index contributed by atoms with van der Waals surface area (Å²) in [6.45, 7) is 8.19. The fraction of sp³-hybridized carbons (Fsp3) is 0.417. The van der Waals surface area contributed by atoms with Gasteiger partial charge in [0.25, 0.3) is 0 Å². The van der Waals surface area contributed by atoms with E-state index in [1.807, 2.05) is 0 Å². The molecule has 2 aliphatic carbocycles. The van der Waals surface area contributed by atoms with Gasteiger partial charge in [-0.2, -0.15) is 0 Å². The molecule has 0 amide bonds. The highest BCUT2D eigenvalue weighted by Gasteiger charge is 2.36. The Hall–Kier alpha value is -1.11. The van der Waals surface area contributed by atoms with Crippen LogP contribution in [-0.4, -0.2) is 5.78 Å². The van der Waals surface area contributed by atoms with Crippen molar-refractivity contribution in [2.75, 3.05) is 0 Å². The van der Waals surface area contributed by atoms with Gasteiger partial charge in [0, 0.05) is 5.57 Å². The van der Waals surface area contributed by atoms with E-state index >= 15 is 0 Å². The van der Waals surface area contributed by atoms with Crippen LogP contribution < -0.4 is 0 Å². The standard InChI is InChI=1S/C12H14O/c1-8-7-12(2,3)10-6-4-5-9(10)11(8)13/h4,6H,1,5,7H2,2-3H3. The van der Waals surface area contributed by atoms with Crippen molar-refractivity contribution >= 4 is 5.78 Å². The van der Waals surface area contributed by atoms with Gasteiger partial charge in [-0.05, 0) is 29.4 Å². The van der Waals surface area contributed by atoms with E-state index < -0.39 is 0 Å². The van der Waals surface area contributed by atoms with Gasteiger partial charge in [-0.3, -0.25) is 4.79 Å². The molecule has 0 bridgehead atoms. The monoisotopic (exact) mass is 174 g/mol. The zero-order valence-corrected chi connectivity index (χ0v) is 8.18. The van der Waals surface area contributed by atoms with E-state index in [1.165, 1.54) is 5.57 Å². The van der Waals surface area contributed by atoms with Crippen molar-refractivity contribution in [1.82, 2.24) is 0 Å². The molecule has 0 atom stereocenters. The van der Waals surface area contributed by atoms with Crippen molar-refractivity contribution in [3.63, 3.8) is 0 Å². The molecule has 0 aromatic rings. The van der Waals surface area contributed by atoms with Crippen molar-refractivity contribution in [2.45, 2.75) is 26.7 Å². The highest BCUT2D eigenvalue weighted by molar-refractivity contribution is 6.10. The first kappa shape index (κ1) is 8.49. The summed E-state index contributed by atoms with van der Waals surface area (Å²) in [5.41, 5.74) is 3.08. The van der Waals surface area contributed by atoms with E-state index in [1.54, 1.807) is 0 Å². The molecule has 0 aromatic carbocycles. The molecule has 0 saturated heterocycles. The Balaban J connectivity index is 2.55. The third-order valence-corrected chi connectivity index (χ3v) is 2.91. The first-order valence-electron chi connectivity index (χ1n) is 4.65. The summed E-state index contributed by atoms with van der Waals surface area (Å²) < 4.78 is 0. The Morgan fingerprint density at radius 2 is 2.15 bits per heavy atom. The van der Waals surface area contributed by atoms with Crippen LogP contribution in [0.15, 0.2) is 35.5 Å². The lowest BCUT2D eigenvalue weighted by molar-refractivity contribution is -0.113. The topological polar surface area (TPSA) is 17.1 Å². The fourth-order valence-electron chi connectivity index (χ4n) is 2.28. The molecule has 0 heterocycles. The molecule has 0 unspecified atom stereocenters. The summed E-state index contributed by atoms with van der Waals surface area (Å²) in [6.07, 6.45) is 5.77. The van der Waals surface area contributed by atoms with E-state index in [0.717, 1.165) is 24.0 Å². The molecule has 68 valence electrons. The molecule has 2 rings (SSSR count). The lowest BCUT2D eigenvalue weighted by atomic mass is 9.71. The molecule has 13 heavy (non-hydrogen) atoms. The number of carbonyl (C=O) groups excluding carboxylic acids is 1. The zero-order valence-electron chi connectivity index (χ0n) is 8.18. The van der Waals surface area contributed by atoms with Gasteiger partial charge in [-0.15, -0.1) is 0 Å². The van der Waals surface area contributed by atoms with Gasteiger partial charge in [0.15, 0.2) is 5.78 Å². The zero-order chi connectivity index (χ0) is 9.64. The van der Waals surface area contributed by atoms with Crippen molar-refractivity contribution in [3.05, 3.63) is 35.5 Å². The lowest BCUT2D eigenvalue weighted by Gasteiger charge is -2.32. The predicted octanol–water partition coefficient (Wildman–Crippen LogP) is 2.80. The van der Waals surface area contributed by atoms with Crippen molar-refractivity contribution in [3.8, 4) is 0 Å². The second-order valence-corrected chi connectivity index (χ2v) is 4.49. The van der Waals surface area contributed by atoms with E-state index in [-0.39, 0.29) is 11.2 Å². The van der Waals surface area contributed by atoms with Gasteiger partial charge in [0.1, 0.15) is 0 Å². The molecule has 0 radical (unpaired) electrons. The van der Waals surface area contributed by atoms with Crippen molar-refractivity contribution < 1.29 is 4.79 Å². The Bertz CT molecular complexity index is 353. The van der Waals surface area contributed by atoms with Crippen LogP contribution in [0.5, 0.6) is 0 Å². The highest BCUT2D eigenvalue weighted by atomic mass is 16.1. The van der Waals surface area contributed by atoms with Gasteiger partial charge in [-0.1, -0.05) is 32.6 Å². The number of allylic oxidation sites excluding steroid dienone is 5. The van der Waals surface area contributed by atoms with Gasteiger partial charge >= 0.3 is 0 Å². The second-order valence-electron chi connectivity index (χ2n) is 4.49. The predicted molar refractivity (Wildman–Crippen MR) is 53.3 cm³/mol. The molecular weight excluding hydrogens is 160 g/mol. The Labute approximate surface area is 78.8 Å². The first-order chi connectivity index (χ1) is 6.02. The van der Waals surface area contributed by atoms with Gasteiger partial charge in [-0.25, -0.2) is 0 Å². The van der Waals surface area contributed by atoms with E-state index in [4.69, 9.17) is 0 Å². The Morgan fingerprint density at radius 3 is 2.85 bits per heavy atom. The minimum absolute atomic E-state index is 0.104. The molecule has 0 saturated carbocycles. The molecule has 1 nitrogen and oxygen atoms in total. The number of carbonyl (C=O) groups is 1. The molecule has 0 fully saturated rings. The minimum atomic E-state index is 0.104. The normalized spacial score (nSPS) is 25.4. The maximum atomic E-state index is 11.7. The smallest absolute Gasteiger partial charge is 0.185 e. The summed E-state index contributed by atoms with van der Waals surface area (Å²) in [7, 11) is 0. The largest absolute Gasteiger partial charge is 0.289 e. The summed E-state index contributed by atoms with van der Waals surface area (Å²) in [6, 6.07) is 0.